The Kier molecular flexibility index (Phi) is 10.1. The number of nitrogens with zero attached hydrogens (tertiary/aromatic N) is 2. The van der Waals surface area contributed by atoms with Crippen LogP contribution in [0.15, 0.2) is 48.5 Å². The van der Waals surface area contributed by atoms with Gasteiger partial charge in [0.2, 0.25) is 21.8 Å². The number of benzene rings is 2. The Morgan fingerprint density at radius 1 is 1.09 bits per heavy atom. The van der Waals surface area contributed by atoms with Crippen molar-refractivity contribution < 1.29 is 27.1 Å². The summed E-state index contributed by atoms with van der Waals surface area (Å²) in [6, 6.07) is 11.1. The third-order valence-corrected chi connectivity index (χ3v) is 6.81. The van der Waals surface area contributed by atoms with Crippen LogP contribution in [0.5, 0.6) is 5.75 Å². The van der Waals surface area contributed by atoms with Gasteiger partial charge >= 0.3 is 0 Å². The molecule has 2 rings (SSSR count). The van der Waals surface area contributed by atoms with Crippen molar-refractivity contribution in [1.82, 2.24) is 10.2 Å². The fraction of sp³-hybridized carbons (Fsp3) is 0.440. The molecule has 35 heavy (non-hydrogen) atoms. The minimum absolute atomic E-state index is 0.0151. The second kappa shape index (κ2) is 12.5. The summed E-state index contributed by atoms with van der Waals surface area (Å²) in [5, 5.41) is 2.90. The lowest BCUT2D eigenvalue weighted by atomic mass is 10.1. The molecule has 8 nitrogen and oxygen atoms in total. The fourth-order valence-corrected chi connectivity index (χ4v) is 4.37. The normalized spacial score (nSPS) is 13.0. The smallest absolute Gasteiger partial charge is 0.244 e. The topological polar surface area (TPSA) is 96.0 Å². The lowest BCUT2D eigenvalue weighted by molar-refractivity contribution is -0.140. The summed E-state index contributed by atoms with van der Waals surface area (Å²) in [6.07, 6.45) is 2.04. The maximum atomic E-state index is 13.6. The zero-order chi connectivity index (χ0) is 26.2. The molecular weight excluding hydrogens is 473 g/mol. The highest BCUT2D eigenvalue weighted by atomic mass is 32.2. The largest absolute Gasteiger partial charge is 0.497 e. The van der Waals surface area contributed by atoms with Crippen molar-refractivity contribution in [2.45, 2.75) is 52.2 Å². The quantitative estimate of drug-likeness (QED) is 0.476. The Balaban J connectivity index is 2.44. The van der Waals surface area contributed by atoms with Gasteiger partial charge < -0.3 is 15.0 Å². The monoisotopic (exact) mass is 507 g/mol. The van der Waals surface area contributed by atoms with E-state index in [0.717, 1.165) is 10.6 Å². The Bertz CT molecular complexity index is 1110. The first-order chi connectivity index (χ1) is 16.5. The summed E-state index contributed by atoms with van der Waals surface area (Å²) < 4.78 is 44.9. The van der Waals surface area contributed by atoms with Gasteiger partial charge in [-0.05, 0) is 49.6 Å². The van der Waals surface area contributed by atoms with Crippen molar-refractivity contribution in [2.24, 2.45) is 0 Å². The average molecular weight is 508 g/mol. The van der Waals surface area contributed by atoms with E-state index in [1.54, 1.807) is 25.1 Å². The van der Waals surface area contributed by atoms with E-state index in [-0.39, 0.29) is 24.2 Å². The van der Waals surface area contributed by atoms with Crippen LogP contribution in [0, 0.1) is 5.82 Å². The summed E-state index contributed by atoms with van der Waals surface area (Å²) >= 11 is 0. The van der Waals surface area contributed by atoms with Crippen LogP contribution in [0.4, 0.5) is 10.1 Å². The van der Waals surface area contributed by atoms with Crippen LogP contribution in [-0.4, -0.2) is 57.1 Å². The summed E-state index contributed by atoms with van der Waals surface area (Å²) in [5.41, 5.74) is 0.876. The molecule has 0 unspecified atom stereocenters. The van der Waals surface area contributed by atoms with Crippen LogP contribution >= 0.6 is 0 Å². The molecule has 0 saturated carbocycles. The molecule has 2 aromatic carbocycles. The number of amides is 2. The predicted molar refractivity (Wildman–Crippen MR) is 134 cm³/mol. The first kappa shape index (κ1) is 28.1. The van der Waals surface area contributed by atoms with Gasteiger partial charge in [-0.3, -0.25) is 13.9 Å². The molecule has 0 aliphatic carbocycles. The second-order valence-corrected chi connectivity index (χ2v) is 10.3. The number of nitrogens with one attached hydrogen (secondary N) is 1. The SMILES string of the molecule is CC[C@H](C(=O)N[C@@H](C)CC)N(Cc1ccc(F)cc1)C(=O)CN(c1cccc(OC)c1)S(C)(=O)=O. The number of methoxy groups -OCH3 is 1. The molecule has 2 amide bonds. The zero-order valence-corrected chi connectivity index (χ0v) is 21.6. The third kappa shape index (κ3) is 7.95. The predicted octanol–water partition coefficient (Wildman–Crippen LogP) is 3.32. The highest BCUT2D eigenvalue weighted by molar-refractivity contribution is 7.92. The molecule has 0 aliphatic heterocycles. The van der Waals surface area contributed by atoms with Gasteiger partial charge in [-0.25, -0.2) is 12.8 Å². The highest BCUT2D eigenvalue weighted by Gasteiger charge is 2.32. The Labute approximate surface area is 207 Å². The van der Waals surface area contributed by atoms with Crippen molar-refractivity contribution in [2.75, 3.05) is 24.2 Å². The van der Waals surface area contributed by atoms with Crippen molar-refractivity contribution in [3.8, 4) is 5.75 Å². The maximum Gasteiger partial charge on any atom is 0.244 e. The molecule has 0 spiro atoms. The molecule has 0 heterocycles. The Morgan fingerprint density at radius 2 is 1.74 bits per heavy atom. The third-order valence-electron chi connectivity index (χ3n) is 5.67. The van der Waals surface area contributed by atoms with E-state index in [4.69, 9.17) is 4.74 Å². The number of halogens is 1. The van der Waals surface area contributed by atoms with Crippen molar-refractivity contribution >= 4 is 27.5 Å². The number of rotatable bonds is 12. The van der Waals surface area contributed by atoms with E-state index in [9.17, 15) is 22.4 Å². The molecule has 0 aromatic heterocycles. The summed E-state index contributed by atoms with van der Waals surface area (Å²) in [4.78, 5) is 28.0. The molecule has 0 radical (unpaired) electrons. The van der Waals surface area contributed by atoms with E-state index in [1.807, 2.05) is 13.8 Å². The minimum Gasteiger partial charge on any atom is -0.497 e. The number of hydrogen-bond donors (Lipinski definition) is 1. The van der Waals surface area contributed by atoms with E-state index < -0.39 is 34.3 Å². The van der Waals surface area contributed by atoms with Gasteiger partial charge in [0, 0.05) is 18.7 Å². The van der Waals surface area contributed by atoms with Crippen LogP contribution in [0.2, 0.25) is 0 Å². The molecular formula is C25H34FN3O5S. The van der Waals surface area contributed by atoms with Gasteiger partial charge in [-0.15, -0.1) is 0 Å². The lowest BCUT2D eigenvalue weighted by Gasteiger charge is -2.33. The molecule has 0 bridgehead atoms. The van der Waals surface area contributed by atoms with Gasteiger partial charge in [-0.2, -0.15) is 0 Å². The summed E-state index contributed by atoms with van der Waals surface area (Å²) in [7, 11) is -2.39. The van der Waals surface area contributed by atoms with Gasteiger partial charge in [0.05, 0.1) is 19.1 Å². The van der Waals surface area contributed by atoms with Crippen LogP contribution in [0.25, 0.3) is 0 Å². The van der Waals surface area contributed by atoms with Crippen molar-refractivity contribution in [1.29, 1.82) is 0 Å². The second-order valence-electron chi connectivity index (χ2n) is 8.36. The molecule has 2 atom stereocenters. The average Bonchev–Trinajstić information content (AvgIpc) is 2.82. The van der Waals surface area contributed by atoms with Crippen LogP contribution in [0.3, 0.4) is 0 Å². The molecule has 10 heteroatoms. The molecule has 1 N–H and O–H groups in total. The van der Waals surface area contributed by atoms with E-state index in [0.29, 0.717) is 24.2 Å². The number of sulfonamides is 1. The fourth-order valence-electron chi connectivity index (χ4n) is 3.53. The minimum atomic E-state index is -3.85. The molecule has 0 aliphatic rings. The van der Waals surface area contributed by atoms with Gasteiger partial charge in [0.15, 0.2) is 0 Å². The lowest BCUT2D eigenvalue weighted by Crippen LogP contribution is -2.53. The van der Waals surface area contributed by atoms with Crippen molar-refractivity contribution in [3.05, 3.63) is 59.9 Å². The van der Waals surface area contributed by atoms with Crippen LogP contribution in [-0.2, 0) is 26.2 Å². The summed E-state index contributed by atoms with van der Waals surface area (Å²) in [5.74, 6) is -0.876. The molecule has 2 aromatic rings. The number of carbonyl (C=O) groups excluding carboxylic acids is 2. The molecule has 0 fully saturated rings. The first-order valence-electron chi connectivity index (χ1n) is 11.5. The standard InChI is InChI=1S/C25H34FN3O5S/c1-6-18(3)27-25(31)23(7-2)28(16-19-11-13-20(26)14-12-19)24(30)17-29(35(5,32)33)21-9-8-10-22(15-21)34-4/h8-15,18,23H,6-7,16-17H2,1-5H3,(H,27,31)/t18-,23+/m0/s1. The van der Waals surface area contributed by atoms with Crippen molar-refractivity contribution in [3.63, 3.8) is 0 Å². The zero-order valence-electron chi connectivity index (χ0n) is 20.8. The van der Waals surface area contributed by atoms with E-state index in [2.05, 4.69) is 5.32 Å². The molecule has 0 saturated heterocycles. The maximum absolute atomic E-state index is 13.6. The number of anilines is 1. The van der Waals surface area contributed by atoms with E-state index >= 15 is 0 Å². The summed E-state index contributed by atoms with van der Waals surface area (Å²) in [6.45, 7) is 5.08. The van der Waals surface area contributed by atoms with E-state index in [1.165, 1.54) is 42.3 Å². The van der Waals surface area contributed by atoms with Gasteiger partial charge in [0.25, 0.3) is 0 Å². The van der Waals surface area contributed by atoms with Gasteiger partial charge in [-0.1, -0.05) is 32.0 Å². The number of hydrogen-bond acceptors (Lipinski definition) is 5. The van der Waals surface area contributed by atoms with Crippen LogP contribution < -0.4 is 14.4 Å². The van der Waals surface area contributed by atoms with Crippen LogP contribution in [0.1, 0.15) is 39.2 Å². The number of ether oxygens (including phenoxy) is 1. The number of carbonyl (C=O) groups is 2. The highest BCUT2D eigenvalue weighted by Crippen LogP contribution is 2.24. The first-order valence-corrected chi connectivity index (χ1v) is 13.3. The Morgan fingerprint density at radius 3 is 2.29 bits per heavy atom. The molecule has 192 valence electrons. The Hall–Kier alpha value is -3.14. The van der Waals surface area contributed by atoms with Gasteiger partial charge in [0.1, 0.15) is 24.2 Å².